The summed E-state index contributed by atoms with van der Waals surface area (Å²) in [4.78, 5) is 86.8. The number of unbranched alkanes of at least 4 members (excludes halogenated alkanes) is 3. The first-order valence-corrected chi connectivity index (χ1v) is 26.7. The Balaban J connectivity index is 0.910. The second-order valence-electron chi connectivity index (χ2n) is 19.9. The molecule has 3 aromatic rings. The summed E-state index contributed by atoms with van der Waals surface area (Å²) < 4.78 is 6.55. The molecule has 7 rings (SSSR count). The first-order chi connectivity index (χ1) is 36.3. The lowest BCUT2D eigenvalue weighted by Crippen LogP contribution is -2.55. The van der Waals surface area contributed by atoms with Crippen LogP contribution in [0.2, 0.25) is 5.02 Å². The van der Waals surface area contributed by atoms with Gasteiger partial charge >= 0.3 is 23.9 Å². The molecule has 1 aromatic heterocycles. The molecule has 4 aliphatic rings. The minimum absolute atomic E-state index is 0.0835. The number of carboxylic acids is 3. The number of nitrogens with one attached hydrogen (secondary N) is 1. The molecule has 2 amide bonds. The van der Waals surface area contributed by atoms with Crippen LogP contribution >= 0.6 is 11.6 Å². The van der Waals surface area contributed by atoms with Gasteiger partial charge < -0.3 is 40.1 Å². The number of fused-ring (bicyclic) bond motifs is 2. The number of hydrogen-bond donors (Lipinski definition) is 4. The van der Waals surface area contributed by atoms with Crippen molar-refractivity contribution in [2.75, 3.05) is 141 Å². The zero-order valence-electron chi connectivity index (χ0n) is 43.0. The van der Waals surface area contributed by atoms with Crippen molar-refractivity contribution in [1.82, 2.24) is 44.7 Å². The van der Waals surface area contributed by atoms with Crippen LogP contribution in [0.25, 0.3) is 10.8 Å². The number of carbonyl (C=O) groups is 5. The van der Waals surface area contributed by atoms with Crippen LogP contribution in [0.3, 0.4) is 0 Å². The third kappa shape index (κ3) is 16.4. The lowest BCUT2D eigenvalue weighted by atomic mass is 10.0. The van der Waals surface area contributed by atoms with Crippen LogP contribution in [0.1, 0.15) is 56.2 Å². The molecule has 4 N–H and O–H groups in total. The molecule has 406 valence electrons. The number of amides is 2. The zero-order valence-corrected chi connectivity index (χ0v) is 43.8. The van der Waals surface area contributed by atoms with Gasteiger partial charge in [0.15, 0.2) is 0 Å². The van der Waals surface area contributed by atoms with Gasteiger partial charge in [0.1, 0.15) is 12.4 Å². The number of carboxylic acid groups (broad SMARTS) is 3. The van der Waals surface area contributed by atoms with E-state index in [1.807, 2.05) is 17.0 Å². The lowest BCUT2D eigenvalue weighted by Gasteiger charge is -2.42. The van der Waals surface area contributed by atoms with Gasteiger partial charge in [-0.1, -0.05) is 55.3 Å². The van der Waals surface area contributed by atoms with Crippen LogP contribution in [0.15, 0.2) is 49.1 Å². The molecule has 5 heterocycles. The zero-order chi connectivity index (χ0) is 53.3. The van der Waals surface area contributed by atoms with Crippen molar-refractivity contribution in [2.45, 2.75) is 70.0 Å². The Hall–Kier alpha value is -6.15. The number of likely N-dealkylation sites (tertiary alicyclic amines) is 1. The number of nitrogens with zero attached hydrogens (tertiary/aromatic N) is 11. The van der Waals surface area contributed by atoms with Crippen molar-refractivity contribution in [3.05, 3.63) is 65.3 Å². The summed E-state index contributed by atoms with van der Waals surface area (Å²) in [7, 11) is 0. The molecule has 0 radical (unpaired) electrons. The summed E-state index contributed by atoms with van der Waals surface area (Å²) in [5.74, 6) is -2.57. The fourth-order valence-corrected chi connectivity index (χ4v) is 11.1. The molecular formula is C53H73ClN12O9. The van der Waals surface area contributed by atoms with Crippen LogP contribution in [0.4, 0.5) is 11.5 Å². The number of ether oxygens (including phenoxy) is 1. The summed E-state index contributed by atoms with van der Waals surface area (Å²) in [6.45, 7) is 11.3. The van der Waals surface area contributed by atoms with Crippen molar-refractivity contribution in [3.63, 3.8) is 0 Å². The summed E-state index contributed by atoms with van der Waals surface area (Å²) in [5.41, 5.74) is 2.96. The second kappa shape index (κ2) is 28.1. The van der Waals surface area contributed by atoms with Gasteiger partial charge in [0.25, 0.3) is 0 Å². The highest BCUT2D eigenvalue weighted by Crippen LogP contribution is 2.37. The van der Waals surface area contributed by atoms with Crippen molar-refractivity contribution >= 4 is 63.6 Å². The summed E-state index contributed by atoms with van der Waals surface area (Å²) in [5, 5.41) is 44.0. The number of carbonyl (C=O) groups excluding carboxylic acids is 2. The van der Waals surface area contributed by atoms with Crippen LogP contribution in [0, 0.1) is 11.3 Å². The van der Waals surface area contributed by atoms with Crippen molar-refractivity contribution in [2.24, 2.45) is 0 Å². The highest BCUT2D eigenvalue weighted by Gasteiger charge is 2.34. The normalized spacial score (nSPS) is 19.9. The summed E-state index contributed by atoms with van der Waals surface area (Å²) in [6, 6.07) is 14.6. The average Bonchev–Trinajstić information content (AvgIpc) is 3.84. The Morgan fingerprint density at radius 2 is 1.39 bits per heavy atom. The first kappa shape index (κ1) is 56.6. The maximum Gasteiger partial charge on any atom is 0.318 e. The van der Waals surface area contributed by atoms with Crippen molar-refractivity contribution < 1.29 is 44.0 Å². The van der Waals surface area contributed by atoms with Gasteiger partial charge in [-0.2, -0.15) is 15.2 Å². The van der Waals surface area contributed by atoms with E-state index in [1.54, 1.807) is 19.6 Å². The van der Waals surface area contributed by atoms with E-state index in [9.17, 15) is 44.6 Å². The number of hydrogen-bond acceptors (Lipinski definition) is 16. The standard InChI is InChI=1S/C53H73ClN12O9/c1-2-47(68)66-31-30-65(32-40(66)15-17-55)52-42-16-21-64(45-14-8-11-39-10-7-13-43(54)51(39)45)33-44(42)57-53(58-52)75-38-41-12-9-20-63(41)19-6-4-3-5-18-56-46(67)34-59-22-24-60(35-48(69)70)26-28-62(37-50(73)74)29-27-61(25-23-59)36-49(71)72/h2,7-8,10-11,13-14,40-41H,1,3-6,9,12,15-16,18-38H2,(H,56,67)(H,69,70)(H,71,72)(H,73,74)/t40-,41-/m0/s1. The molecule has 0 bridgehead atoms. The molecule has 0 unspecified atom stereocenters. The largest absolute Gasteiger partial charge is 0.480 e. The molecule has 3 fully saturated rings. The van der Waals surface area contributed by atoms with Crippen LogP contribution in [-0.2, 0) is 36.9 Å². The van der Waals surface area contributed by atoms with Crippen LogP contribution < -0.4 is 19.9 Å². The number of aromatic nitrogens is 2. The Morgan fingerprint density at radius 1 is 0.760 bits per heavy atom. The van der Waals surface area contributed by atoms with Crippen LogP contribution in [-0.4, -0.2) is 227 Å². The molecule has 2 atom stereocenters. The maximum absolute atomic E-state index is 13.2. The molecule has 22 heteroatoms. The van der Waals surface area contributed by atoms with E-state index in [1.165, 1.54) is 6.08 Å². The molecule has 2 aromatic carbocycles. The maximum atomic E-state index is 13.2. The Labute approximate surface area is 444 Å². The Morgan fingerprint density at radius 3 is 2.01 bits per heavy atom. The predicted molar refractivity (Wildman–Crippen MR) is 284 cm³/mol. The van der Waals surface area contributed by atoms with Gasteiger partial charge in [0.05, 0.1) is 62.0 Å². The average molecular weight is 1060 g/mol. The van der Waals surface area contributed by atoms with Gasteiger partial charge in [0, 0.05) is 108 Å². The molecule has 75 heavy (non-hydrogen) atoms. The van der Waals surface area contributed by atoms with Gasteiger partial charge in [0.2, 0.25) is 11.8 Å². The fourth-order valence-electron chi connectivity index (χ4n) is 10.8. The third-order valence-corrected chi connectivity index (χ3v) is 15.0. The third-order valence-electron chi connectivity index (χ3n) is 14.7. The number of piperazine rings is 1. The molecule has 21 nitrogen and oxygen atoms in total. The van der Waals surface area contributed by atoms with E-state index in [-0.39, 0.29) is 56.5 Å². The van der Waals surface area contributed by atoms with E-state index >= 15 is 0 Å². The Kier molecular flexibility index (Phi) is 21.2. The van der Waals surface area contributed by atoms with Crippen LogP contribution in [0.5, 0.6) is 6.01 Å². The number of halogens is 1. The monoisotopic (exact) mass is 1060 g/mol. The first-order valence-electron chi connectivity index (χ1n) is 26.3. The number of nitriles is 1. The number of aliphatic carboxylic acids is 3. The topological polar surface area (TPSA) is 243 Å². The van der Waals surface area contributed by atoms with Gasteiger partial charge in [-0.15, -0.1) is 0 Å². The predicted octanol–water partition coefficient (Wildman–Crippen LogP) is 2.96. The van der Waals surface area contributed by atoms with Crippen molar-refractivity contribution in [1.29, 1.82) is 5.26 Å². The van der Waals surface area contributed by atoms with E-state index < -0.39 is 17.9 Å². The number of rotatable bonds is 22. The smallest absolute Gasteiger partial charge is 0.318 e. The molecule has 4 aliphatic heterocycles. The quantitative estimate of drug-likeness (QED) is 0.0835. The summed E-state index contributed by atoms with van der Waals surface area (Å²) in [6.07, 6.45) is 7.96. The molecule has 0 saturated carbocycles. The van der Waals surface area contributed by atoms with Gasteiger partial charge in [-0.05, 0) is 68.8 Å². The lowest BCUT2D eigenvalue weighted by molar-refractivity contribution is -0.140. The number of anilines is 2. The van der Waals surface area contributed by atoms with E-state index in [2.05, 4.69) is 56.9 Å². The Bertz CT molecular complexity index is 2480. The van der Waals surface area contributed by atoms with Gasteiger partial charge in [-0.25, -0.2) is 0 Å². The summed E-state index contributed by atoms with van der Waals surface area (Å²) >= 11 is 6.80. The SMILES string of the molecule is C=CC(=O)N1CCN(c2nc(OC[C@@H]3CCCN3CCCCCCNC(=O)CN3CCN(CC(=O)O)CCN(CC(=O)O)CCN(CC(=O)O)CC3)nc3c2CCN(c2cccc4cccc(Cl)c24)C3)C[C@@H]1CC#N. The molecular weight excluding hydrogens is 984 g/mol. The van der Waals surface area contributed by atoms with E-state index in [0.29, 0.717) is 109 Å². The van der Waals surface area contributed by atoms with Gasteiger partial charge in [-0.3, -0.25) is 48.5 Å². The minimum Gasteiger partial charge on any atom is -0.480 e. The van der Waals surface area contributed by atoms with E-state index in [4.69, 9.17) is 26.3 Å². The molecule has 0 spiro atoms. The minimum atomic E-state index is -1.01. The highest BCUT2D eigenvalue weighted by molar-refractivity contribution is 6.36. The molecule has 0 aliphatic carbocycles. The molecule has 3 saturated heterocycles. The second-order valence-corrected chi connectivity index (χ2v) is 20.3. The fraction of sp³-hybridized carbons (Fsp3) is 0.585. The van der Waals surface area contributed by atoms with E-state index in [0.717, 1.165) is 91.7 Å². The van der Waals surface area contributed by atoms with Crippen molar-refractivity contribution in [3.8, 4) is 12.1 Å². The highest BCUT2D eigenvalue weighted by atomic mass is 35.5. The number of benzene rings is 2.